The number of imidazole rings is 1. The summed E-state index contributed by atoms with van der Waals surface area (Å²) in [5, 5.41) is 0.228. The van der Waals surface area contributed by atoms with E-state index in [4.69, 9.17) is 4.42 Å². The van der Waals surface area contributed by atoms with Crippen LogP contribution < -0.4 is 5.43 Å². The van der Waals surface area contributed by atoms with Gasteiger partial charge in [-0.05, 0) is 31.9 Å². The molecule has 9 heteroatoms. The van der Waals surface area contributed by atoms with E-state index in [1.54, 1.807) is 11.8 Å². The molecule has 1 aliphatic heterocycles. The second kappa shape index (κ2) is 6.89. The molecule has 1 aromatic carbocycles. The van der Waals surface area contributed by atoms with Crippen molar-refractivity contribution in [2.75, 3.05) is 13.1 Å². The number of likely N-dealkylation sites (tertiary alicyclic amines) is 1. The number of halogens is 3. The number of carbonyl (C=O) groups is 1. The molecule has 1 saturated heterocycles. The third-order valence-electron chi connectivity index (χ3n) is 5.53. The van der Waals surface area contributed by atoms with Gasteiger partial charge in [-0.15, -0.1) is 0 Å². The van der Waals surface area contributed by atoms with Crippen molar-refractivity contribution in [1.29, 1.82) is 0 Å². The number of amides is 1. The number of aromatic nitrogens is 2. The van der Waals surface area contributed by atoms with E-state index in [2.05, 4.69) is 4.98 Å². The van der Waals surface area contributed by atoms with Gasteiger partial charge in [0.25, 0.3) is 0 Å². The fourth-order valence-corrected chi connectivity index (χ4v) is 4.05. The maximum atomic E-state index is 13.4. The lowest BCUT2D eigenvalue weighted by Crippen LogP contribution is -2.36. The van der Waals surface area contributed by atoms with E-state index in [1.807, 2.05) is 0 Å². The molecule has 3 heterocycles. The molecule has 0 aliphatic carbocycles. The minimum absolute atomic E-state index is 0.00310. The number of carbonyl (C=O) groups excluding carboxylic acids is 1. The summed E-state index contributed by atoms with van der Waals surface area (Å²) >= 11 is 0. The Hall–Kier alpha value is -2.84. The first kappa shape index (κ1) is 19.5. The highest BCUT2D eigenvalue weighted by Gasteiger charge is 2.38. The van der Waals surface area contributed by atoms with Crippen LogP contribution >= 0.6 is 0 Å². The van der Waals surface area contributed by atoms with Gasteiger partial charge in [-0.2, -0.15) is 13.2 Å². The van der Waals surface area contributed by atoms with E-state index < -0.39 is 12.0 Å². The highest BCUT2D eigenvalue weighted by Crippen LogP contribution is 2.35. The van der Waals surface area contributed by atoms with E-state index in [9.17, 15) is 22.8 Å². The molecule has 154 valence electrons. The first-order valence-corrected chi connectivity index (χ1v) is 9.50. The first-order chi connectivity index (χ1) is 13.7. The number of alkyl halides is 3. The molecular weight excluding hydrogens is 387 g/mol. The van der Waals surface area contributed by atoms with Crippen molar-refractivity contribution in [3.05, 3.63) is 40.0 Å². The van der Waals surface area contributed by atoms with Crippen molar-refractivity contribution < 1.29 is 22.4 Å². The summed E-state index contributed by atoms with van der Waals surface area (Å²) in [6.07, 6.45) is -3.35. The topological polar surface area (TPSA) is 68.3 Å². The van der Waals surface area contributed by atoms with Crippen LogP contribution in [0.15, 0.2) is 27.4 Å². The van der Waals surface area contributed by atoms with Gasteiger partial charge in [0.05, 0.1) is 10.9 Å². The molecule has 6 nitrogen and oxygen atoms in total. The lowest BCUT2D eigenvalue weighted by Gasteiger charge is -2.30. The molecule has 0 atom stereocenters. The summed E-state index contributed by atoms with van der Waals surface area (Å²) in [5.41, 5.74) is 0.147. The van der Waals surface area contributed by atoms with Crippen molar-refractivity contribution in [3.8, 4) is 0 Å². The van der Waals surface area contributed by atoms with Crippen molar-refractivity contribution >= 4 is 27.9 Å². The molecule has 0 radical (unpaired) electrons. The van der Waals surface area contributed by atoms with E-state index in [0.29, 0.717) is 31.7 Å². The van der Waals surface area contributed by atoms with Crippen LogP contribution in [-0.4, -0.2) is 33.4 Å². The minimum Gasteiger partial charge on any atom is -0.458 e. The third-order valence-corrected chi connectivity index (χ3v) is 5.53. The van der Waals surface area contributed by atoms with Crippen molar-refractivity contribution in [2.45, 2.75) is 45.3 Å². The smallest absolute Gasteiger partial charge is 0.449 e. The lowest BCUT2D eigenvalue weighted by atomic mass is 9.93. The van der Waals surface area contributed by atoms with Gasteiger partial charge in [-0.25, -0.2) is 4.98 Å². The van der Waals surface area contributed by atoms with Gasteiger partial charge in [0.1, 0.15) is 11.3 Å². The summed E-state index contributed by atoms with van der Waals surface area (Å²) in [5.74, 6) is -0.643. The number of nitrogens with zero attached hydrogens (tertiary/aromatic N) is 3. The van der Waals surface area contributed by atoms with Crippen LogP contribution in [0.25, 0.3) is 22.0 Å². The zero-order valence-electron chi connectivity index (χ0n) is 16.0. The van der Waals surface area contributed by atoms with Crippen LogP contribution in [0, 0.1) is 0 Å². The van der Waals surface area contributed by atoms with Gasteiger partial charge in [0, 0.05) is 38.5 Å². The summed E-state index contributed by atoms with van der Waals surface area (Å²) in [4.78, 5) is 29.7. The number of fused-ring (bicyclic) bond motifs is 3. The predicted octanol–water partition coefficient (Wildman–Crippen LogP) is 3.91. The Bertz CT molecular complexity index is 1150. The molecule has 1 amide bonds. The van der Waals surface area contributed by atoms with E-state index in [0.717, 1.165) is 4.57 Å². The van der Waals surface area contributed by atoms with Gasteiger partial charge in [0.15, 0.2) is 11.0 Å². The van der Waals surface area contributed by atoms with Crippen LogP contribution in [-0.2, 0) is 17.5 Å². The second-order valence-corrected chi connectivity index (χ2v) is 7.28. The zero-order chi connectivity index (χ0) is 20.9. The van der Waals surface area contributed by atoms with Gasteiger partial charge < -0.3 is 13.9 Å². The Morgan fingerprint density at radius 1 is 1.28 bits per heavy atom. The van der Waals surface area contributed by atoms with Gasteiger partial charge in [0.2, 0.25) is 11.7 Å². The highest BCUT2D eigenvalue weighted by atomic mass is 19.4. The summed E-state index contributed by atoms with van der Waals surface area (Å²) in [7, 11) is 0. The first-order valence-electron chi connectivity index (χ1n) is 9.50. The molecule has 29 heavy (non-hydrogen) atoms. The fourth-order valence-electron chi connectivity index (χ4n) is 4.05. The third kappa shape index (κ3) is 3.28. The number of benzene rings is 1. The van der Waals surface area contributed by atoms with Crippen molar-refractivity contribution in [2.24, 2.45) is 0 Å². The largest absolute Gasteiger partial charge is 0.458 e. The lowest BCUT2D eigenvalue weighted by molar-refractivity contribution is -0.146. The maximum Gasteiger partial charge on any atom is 0.449 e. The molecule has 0 N–H and O–H groups in total. The summed E-state index contributed by atoms with van der Waals surface area (Å²) < 4.78 is 47.3. The molecule has 3 aromatic rings. The van der Waals surface area contributed by atoms with E-state index >= 15 is 0 Å². The Morgan fingerprint density at radius 2 is 1.97 bits per heavy atom. The Morgan fingerprint density at radius 3 is 2.55 bits per heavy atom. The molecule has 0 saturated carbocycles. The Kier molecular flexibility index (Phi) is 4.63. The number of rotatable bonds is 2. The average Bonchev–Trinajstić information content (AvgIpc) is 3.07. The van der Waals surface area contributed by atoms with Crippen LogP contribution in [0.1, 0.15) is 44.2 Å². The molecule has 0 bridgehead atoms. The number of hydrogen-bond acceptors (Lipinski definition) is 4. The van der Waals surface area contributed by atoms with Crippen LogP contribution in [0.4, 0.5) is 13.2 Å². The van der Waals surface area contributed by atoms with Gasteiger partial charge in [-0.3, -0.25) is 9.59 Å². The summed E-state index contributed by atoms with van der Waals surface area (Å²) in [6, 6.07) is 4.29. The number of aryl methyl sites for hydroxylation is 1. The maximum absolute atomic E-state index is 13.4. The molecule has 0 spiro atoms. The van der Waals surface area contributed by atoms with Crippen LogP contribution in [0.5, 0.6) is 0 Å². The summed E-state index contributed by atoms with van der Waals surface area (Å²) in [6.45, 7) is 4.25. The van der Waals surface area contributed by atoms with Crippen molar-refractivity contribution in [1.82, 2.24) is 14.5 Å². The predicted molar refractivity (Wildman–Crippen MR) is 101 cm³/mol. The standard InChI is InChI=1S/C20H20F3N3O3/c1-3-26-17-14(24-19(26)20(21,22)23)5-4-13-15(28)10-16(29-18(13)17)12-6-8-25(9-7-12)11(2)27/h4-5,10,12H,3,6-9H2,1-2H3. The molecule has 0 unspecified atom stereocenters. The molecule has 4 rings (SSSR count). The Labute approximate surface area is 163 Å². The SMILES string of the molecule is CCn1c(C(F)(F)F)nc2ccc3c(=O)cc(C4CCN(C(C)=O)CC4)oc3c21. The van der Waals surface area contributed by atoms with Crippen molar-refractivity contribution in [3.63, 3.8) is 0 Å². The highest BCUT2D eigenvalue weighted by molar-refractivity contribution is 6.00. The van der Waals surface area contributed by atoms with E-state index in [-0.39, 0.29) is 45.8 Å². The normalized spacial score (nSPS) is 16.1. The molecular formula is C20H20F3N3O3. The van der Waals surface area contributed by atoms with Crippen LogP contribution in [0.3, 0.4) is 0 Å². The second-order valence-electron chi connectivity index (χ2n) is 7.28. The Balaban J connectivity index is 1.88. The van der Waals surface area contributed by atoms with Crippen LogP contribution in [0.2, 0.25) is 0 Å². The fraction of sp³-hybridized carbons (Fsp3) is 0.450. The zero-order valence-corrected chi connectivity index (χ0v) is 16.0. The minimum atomic E-state index is -4.61. The molecule has 1 aliphatic rings. The number of piperidine rings is 1. The molecule has 2 aromatic heterocycles. The van der Waals surface area contributed by atoms with Gasteiger partial charge in [-0.1, -0.05) is 0 Å². The number of hydrogen-bond donors (Lipinski definition) is 0. The van der Waals surface area contributed by atoms with Gasteiger partial charge >= 0.3 is 6.18 Å². The van der Waals surface area contributed by atoms with E-state index in [1.165, 1.54) is 25.1 Å². The average molecular weight is 407 g/mol. The monoisotopic (exact) mass is 407 g/mol. The quantitative estimate of drug-likeness (QED) is 0.646. The molecule has 1 fully saturated rings.